The number of aromatic nitrogens is 1. The second kappa shape index (κ2) is 13.3. The fraction of sp³-hybridized carbons (Fsp3) is 0.481. The van der Waals surface area contributed by atoms with Crippen molar-refractivity contribution < 1.29 is 9.18 Å². The number of carbonyl (C=O) groups excluding carboxylic acids is 1. The van der Waals surface area contributed by atoms with Crippen LogP contribution in [-0.2, 0) is 4.79 Å². The third-order valence-corrected chi connectivity index (χ3v) is 15.4. The molecule has 1 saturated heterocycles. The van der Waals surface area contributed by atoms with Gasteiger partial charge in [-0.3, -0.25) is 0 Å². The van der Waals surface area contributed by atoms with Crippen molar-refractivity contribution in [3.63, 3.8) is 0 Å². The van der Waals surface area contributed by atoms with Crippen LogP contribution in [0.3, 0.4) is 0 Å². The number of hydrogen-bond acceptors (Lipinski definition) is 3. The Balaban J connectivity index is 2.10. The first-order chi connectivity index (χ1) is 15.7. The summed E-state index contributed by atoms with van der Waals surface area (Å²) in [5, 5.41) is 0.427. The third kappa shape index (κ3) is 7.71. The molecular formula is C27H36FIN2OS. The van der Waals surface area contributed by atoms with Gasteiger partial charge in [0, 0.05) is 0 Å². The van der Waals surface area contributed by atoms with Crippen molar-refractivity contribution in [2.75, 3.05) is 16.0 Å². The summed E-state index contributed by atoms with van der Waals surface area (Å²) in [5.41, 5.74) is 2.06. The van der Waals surface area contributed by atoms with Gasteiger partial charge in [-0.05, 0) is 0 Å². The molecule has 0 aliphatic carbocycles. The molecule has 0 spiro atoms. The average Bonchev–Trinajstić information content (AvgIpc) is 2.79. The van der Waals surface area contributed by atoms with Crippen LogP contribution < -0.4 is 0 Å². The van der Waals surface area contributed by atoms with Crippen LogP contribution in [-0.4, -0.2) is 40.5 Å². The predicted molar refractivity (Wildman–Crippen MR) is 150 cm³/mol. The molecule has 1 aromatic heterocycles. The number of halogens is 2. The molecule has 33 heavy (non-hydrogen) atoms. The first-order valence-corrected chi connectivity index (χ1v) is 17.0. The number of rotatable bonds is 8. The van der Waals surface area contributed by atoms with E-state index in [2.05, 4.69) is 54.7 Å². The first-order valence-electron chi connectivity index (χ1n) is 11.3. The Morgan fingerprint density at radius 2 is 2.18 bits per heavy atom. The van der Waals surface area contributed by atoms with Crippen LogP contribution in [0.5, 0.6) is 0 Å². The van der Waals surface area contributed by atoms with Gasteiger partial charge in [0.15, 0.2) is 0 Å². The Hall–Kier alpha value is -1.59. The van der Waals surface area contributed by atoms with Crippen molar-refractivity contribution in [1.29, 1.82) is 0 Å². The molecule has 2 rings (SSSR count). The van der Waals surface area contributed by atoms with Crippen LogP contribution in [0.2, 0.25) is 0 Å². The summed E-state index contributed by atoms with van der Waals surface area (Å²) in [5.74, 6) is 5.75. The topological polar surface area (TPSA) is 33.2 Å². The number of hydrogen-bond donors (Lipinski definition) is 0. The molecule has 0 radical (unpaired) electrons. The van der Waals surface area contributed by atoms with Crippen molar-refractivity contribution in [1.82, 2.24) is 9.88 Å². The van der Waals surface area contributed by atoms with Gasteiger partial charge in [0.2, 0.25) is 0 Å². The molecule has 3 nitrogen and oxygen atoms in total. The molecular weight excluding hydrogens is 546 g/mol. The van der Waals surface area contributed by atoms with E-state index in [0.29, 0.717) is 5.25 Å². The summed E-state index contributed by atoms with van der Waals surface area (Å²) in [6.45, 7) is 11.2. The second-order valence-corrected chi connectivity index (χ2v) is 16.2. The third-order valence-electron chi connectivity index (χ3n) is 5.91. The van der Waals surface area contributed by atoms with E-state index in [1.54, 1.807) is 19.2 Å². The van der Waals surface area contributed by atoms with E-state index in [9.17, 15) is 9.18 Å². The molecule has 1 aromatic rings. The van der Waals surface area contributed by atoms with E-state index in [-0.39, 0.29) is 21.6 Å². The molecule has 1 aliphatic rings. The molecule has 0 N–H and O–H groups in total. The molecule has 0 saturated carbocycles. The van der Waals surface area contributed by atoms with Crippen molar-refractivity contribution in [3.05, 3.63) is 59.7 Å². The summed E-state index contributed by atoms with van der Waals surface area (Å²) >= 11 is 0.463. The molecule has 2 atom stereocenters. The van der Waals surface area contributed by atoms with Gasteiger partial charge < -0.3 is 0 Å². The quantitative estimate of drug-likeness (QED) is 0.107. The molecule has 180 valence electrons. The van der Waals surface area contributed by atoms with Crippen LogP contribution in [0.4, 0.5) is 4.39 Å². The molecule has 0 aromatic carbocycles. The normalized spacial score (nSPS) is 21.7. The van der Waals surface area contributed by atoms with Gasteiger partial charge in [0.25, 0.3) is 0 Å². The minimum atomic E-state index is -1.47. The maximum absolute atomic E-state index is 13.6. The number of thioether (sulfide) groups is 1. The van der Waals surface area contributed by atoms with Gasteiger partial charge in [0.05, 0.1) is 0 Å². The fourth-order valence-electron chi connectivity index (χ4n) is 3.65. The van der Waals surface area contributed by atoms with Crippen molar-refractivity contribution in [2.45, 2.75) is 62.6 Å². The van der Waals surface area contributed by atoms with E-state index in [4.69, 9.17) is 0 Å². The molecule has 1 amide bonds. The molecule has 0 bridgehead atoms. The minimum absolute atomic E-state index is 0.0349. The summed E-state index contributed by atoms with van der Waals surface area (Å²) in [4.78, 5) is 22.7. The number of carbonyl (C=O) groups is 1. The van der Waals surface area contributed by atoms with Crippen molar-refractivity contribution in [3.8, 4) is 11.8 Å². The van der Waals surface area contributed by atoms with E-state index in [0.717, 1.165) is 35.1 Å². The number of alkyl halides is 3. The van der Waals surface area contributed by atoms with Gasteiger partial charge in [-0.25, -0.2) is 0 Å². The van der Waals surface area contributed by atoms with Crippen LogP contribution in [0.15, 0.2) is 48.6 Å². The van der Waals surface area contributed by atoms with E-state index >= 15 is 0 Å². The average molecular weight is 583 g/mol. The molecule has 1 fully saturated rings. The standard InChI is InChI=1S/C27H36FIN2OS/c1-7-10-22-17-23(19-30-18-22)25(12-9-3)33-21(4)27(5)15-16-31(20-29(27)6)26(32)14-13-24(28)11-8-2/h8,11-13,17-19,21H,9,14-16,20H2,1-6H3/b11-8-,24-13+,25-12-. The zero-order valence-corrected chi connectivity index (χ0v) is 23.6. The summed E-state index contributed by atoms with van der Waals surface area (Å²) in [6.07, 6.45) is 12.5. The Bertz CT molecular complexity index is 978. The van der Waals surface area contributed by atoms with E-state index in [1.165, 1.54) is 17.1 Å². The zero-order chi connectivity index (χ0) is 24.4. The van der Waals surface area contributed by atoms with Gasteiger partial charge in [0.1, 0.15) is 0 Å². The Labute approximate surface area is 210 Å². The number of amides is 1. The molecule has 1 aliphatic heterocycles. The maximum atomic E-state index is 13.6. The summed E-state index contributed by atoms with van der Waals surface area (Å²) < 4.78 is 14.7. The number of allylic oxidation sites excluding steroid dienone is 4. The van der Waals surface area contributed by atoms with Gasteiger partial charge in [-0.15, -0.1) is 0 Å². The number of pyridine rings is 1. The second-order valence-electron chi connectivity index (χ2n) is 8.26. The molecule has 2 unspecified atom stereocenters. The van der Waals surface area contributed by atoms with Crippen LogP contribution in [0.1, 0.15) is 65.0 Å². The zero-order valence-electron chi connectivity index (χ0n) is 20.6. The Morgan fingerprint density at radius 1 is 1.42 bits per heavy atom. The van der Waals surface area contributed by atoms with E-state index < -0.39 is 19.8 Å². The van der Waals surface area contributed by atoms with Gasteiger partial charge in [-0.2, -0.15) is 0 Å². The number of nitrogens with zero attached hydrogens (tertiary/aromatic N) is 2. The van der Waals surface area contributed by atoms with Crippen molar-refractivity contribution in [2.24, 2.45) is 0 Å². The van der Waals surface area contributed by atoms with Crippen LogP contribution in [0.25, 0.3) is 4.91 Å². The summed E-state index contributed by atoms with van der Waals surface area (Å²) in [7, 11) is 0. The van der Waals surface area contributed by atoms with Gasteiger partial charge in [-0.1, -0.05) is 0 Å². The summed E-state index contributed by atoms with van der Waals surface area (Å²) in [6, 6.07) is 2.12. The fourth-order valence-corrected chi connectivity index (χ4v) is 11.7. The van der Waals surface area contributed by atoms with Crippen LogP contribution in [0, 0.1) is 11.8 Å². The van der Waals surface area contributed by atoms with Gasteiger partial charge >= 0.3 is 212 Å². The van der Waals surface area contributed by atoms with Crippen LogP contribution >= 0.6 is 31.6 Å². The predicted octanol–water partition coefficient (Wildman–Crippen LogP) is 7.23. The first kappa shape index (κ1) is 27.7. The Morgan fingerprint density at radius 3 is 2.82 bits per heavy atom. The van der Waals surface area contributed by atoms with Crippen molar-refractivity contribution >= 4 is 42.4 Å². The Kier molecular flexibility index (Phi) is 11.2. The molecule has 2 heterocycles. The molecule has 6 heteroatoms. The SMILES string of the molecule is CC#Cc1cncc(/C(=C/CC)SC(C)C2(C)CCN(C(=O)C/C=C(F)\C=C/C)CI2C)c1. The van der Waals surface area contributed by atoms with E-state index in [1.807, 2.05) is 29.8 Å². The monoisotopic (exact) mass is 582 g/mol.